The SMILES string of the molecule is CC(CNC(=O)N[C@@H](C(=O)O)c1ccccc1)S(C)=O. The van der Waals surface area contributed by atoms with Gasteiger partial charge in [0.1, 0.15) is 0 Å². The summed E-state index contributed by atoms with van der Waals surface area (Å²) in [7, 11) is -1.04. The van der Waals surface area contributed by atoms with Crippen molar-refractivity contribution in [3.63, 3.8) is 0 Å². The molecular formula is C13H18N2O4S. The maximum Gasteiger partial charge on any atom is 0.330 e. The van der Waals surface area contributed by atoms with Crippen molar-refractivity contribution in [1.29, 1.82) is 0 Å². The summed E-state index contributed by atoms with van der Waals surface area (Å²) in [5, 5.41) is 13.8. The Morgan fingerprint density at radius 2 is 1.90 bits per heavy atom. The lowest BCUT2D eigenvalue weighted by Gasteiger charge is -2.16. The number of amides is 2. The summed E-state index contributed by atoms with van der Waals surface area (Å²) in [5.74, 6) is -1.14. The van der Waals surface area contributed by atoms with Crippen LogP contribution in [-0.4, -0.2) is 39.4 Å². The standard InChI is InChI=1S/C13H18N2O4S/c1-9(20(2)19)8-14-13(18)15-11(12(16)17)10-6-4-3-5-7-10/h3-7,9,11H,8H2,1-2H3,(H,16,17)(H2,14,15,18)/t9?,11-,20?/m1/s1. The average Bonchev–Trinajstić information content (AvgIpc) is 2.42. The number of nitrogens with one attached hydrogen (secondary N) is 2. The number of benzene rings is 1. The fourth-order valence-corrected chi connectivity index (χ4v) is 1.79. The lowest BCUT2D eigenvalue weighted by atomic mass is 10.1. The molecule has 0 aromatic heterocycles. The third-order valence-electron chi connectivity index (χ3n) is 2.77. The zero-order valence-corrected chi connectivity index (χ0v) is 12.1. The van der Waals surface area contributed by atoms with E-state index in [2.05, 4.69) is 10.6 Å². The Labute approximate surface area is 120 Å². The highest BCUT2D eigenvalue weighted by atomic mass is 32.2. The smallest absolute Gasteiger partial charge is 0.330 e. The molecule has 0 aliphatic rings. The number of carboxylic acids is 1. The van der Waals surface area contributed by atoms with Crippen molar-refractivity contribution in [2.45, 2.75) is 18.2 Å². The molecule has 2 unspecified atom stereocenters. The van der Waals surface area contributed by atoms with Gasteiger partial charge in [0.2, 0.25) is 0 Å². The second-order valence-electron chi connectivity index (χ2n) is 4.35. The van der Waals surface area contributed by atoms with Crippen LogP contribution in [0.1, 0.15) is 18.5 Å². The van der Waals surface area contributed by atoms with Crippen molar-refractivity contribution >= 4 is 22.8 Å². The van der Waals surface area contributed by atoms with Crippen LogP contribution in [0.4, 0.5) is 4.79 Å². The van der Waals surface area contributed by atoms with Gasteiger partial charge in [-0.2, -0.15) is 0 Å². The highest BCUT2D eigenvalue weighted by Gasteiger charge is 2.21. The normalized spacial score (nSPS) is 14.9. The summed E-state index contributed by atoms with van der Waals surface area (Å²) < 4.78 is 11.2. The molecule has 2 amide bonds. The van der Waals surface area contributed by atoms with E-state index in [1.807, 2.05) is 0 Å². The minimum Gasteiger partial charge on any atom is -0.479 e. The van der Waals surface area contributed by atoms with Gasteiger partial charge in [-0.3, -0.25) is 4.21 Å². The number of hydrogen-bond donors (Lipinski definition) is 3. The summed E-state index contributed by atoms with van der Waals surface area (Å²) >= 11 is 0. The van der Waals surface area contributed by atoms with Gasteiger partial charge >= 0.3 is 12.0 Å². The Balaban J connectivity index is 2.61. The van der Waals surface area contributed by atoms with E-state index in [-0.39, 0.29) is 11.8 Å². The molecule has 6 nitrogen and oxygen atoms in total. The molecule has 3 N–H and O–H groups in total. The number of urea groups is 1. The fraction of sp³-hybridized carbons (Fsp3) is 0.385. The van der Waals surface area contributed by atoms with Crippen molar-refractivity contribution in [2.75, 3.05) is 12.8 Å². The van der Waals surface area contributed by atoms with E-state index in [1.54, 1.807) is 43.5 Å². The highest BCUT2D eigenvalue weighted by molar-refractivity contribution is 7.84. The highest BCUT2D eigenvalue weighted by Crippen LogP contribution is 2.12. The molecule has 7 heteroatoms. The van der Waals surface area contributed by atoms with Gasteiger partial charge in [-0.25, -0.2) is 9.59 Å². The average molecular weight is 298 g/mol. The molecule has 0 heterocycles. The second-order valence-corrected chi connectivity index (χ2v) is 6.15. The number of carbonyl (C=O) groups is 2. The molecule has 0 radical (unpaired) electrons. The molecule has 110 valence electrons. The molecule has 3 atom stereocenters. The summed E-state index contributed by atoms with van der Waals surface area (Å²) in [6.07, 6.45) is 1.55. The van der Waals surface area contributed by atoms with Crippen LogP contribution >= 0.6 is 0 Å². The number of carbonyl (C=O) groups excluding carboxylic acids is 1. The van der Waals surface area contributed by atoms with Gasteiger partial charge in [0.25, 0.3) is 0 Å². The molecule has 0 aliphatic heterocycles. The molecule has 1 aromatic rings. The van der Waals surface area contributed by atoms with Crippen LogP contribution in [0.3, 0.4) is 0 Å². The minimum absolute atomic E-state index is 0.194. The lowest BCUT2D eigenvalue weighted by molar-refractivity contribution is -0.139. The number of carboxylic acid groups (broad SMARTS) is 1. The van der Waals surface area contributed by atoms with Crippen LogP contribution in [0.15, 0.2) is 30.3 Å². The predicted octanol–water partition coefficient (Wildman–Crippen LogP) is 0.878. The van der Waals surface area contributed by atoms with Gasteiger partial charge in [0.15, 0.2) is 6.04 Å². The van der Waals surface area contributed by atoms with E-state index in [9.17, 15) is 13.8 Å². The monoisotopic (exact) mass is 298 g/mol. The largest absolute Gasteiger partial charge is 0.479 e. The van der Waals surface area contributed by atoms with Crippen LogP contribution in [0.5, 0.6) is 0 Å². The maximum atomic E-state index is 11.7. The van der Waals surface area contributed by atoms with Crippen LogP contribution < -0.4 is 10.6 Å². The number of rotatable bonds is 6. The zero-order chi connectivity index (χ0) is 15.1. The van der Waals surface area contributed by atoms with Crippen LogP contribution in [0.2, 0.25) is 0 Å². The molecular weight excluding hydrogens is 280 g/mol. The van der Waals surface area contributed by atoms with Crippen molar-refractivity contribution in [2.24, 2.45) is 0 Å². The van der Waals surface area contributed by atoms with Gasteiger partial charge in [-0.15, -0.1) is 0 Å². The molecule has 0 saturated heterocycles. The molecule has 1 rings (SSSR count). The summed E-state index contributed by atoms with van der Waals surface area (Å²) in [5.41, 5.74) is 0.488. The van der Waals surface area contributed by atoms with E-state index in [4.69, 9.17) is 5.11 Å². The van der Waals surface area contributed by atoms with Crippen LogP contribution in [0.25, 0.3) is 0 Å². The Hall–Kier alpha value is -1.89. The molecule has 0 fully saturated rings. The molecule has 0 aliphatic carbocycles. The van der Waals surface area contributed by atoms with Crippen LogP contribution in [0, 0.1) is 0 Å². The van der Waals surface area contributed by atoms with Gasteiger partial charge in [-0.05, 0) is 12.5 Å². The van der Waals surface area contributed by atoms with Crippen molar-refractivity contribution in [3.8, 4) is 0 Å². The van der Waals surface area contributed by atoms with E-state index < -0.39 is 28.8 Å². The van der Waals surface area contributed by atoms with Gasteiger partial charge in [-0.1, -0.05) is 30.3 Å². The first-order valence-corrected chi connectivity index (χ1v) is 7.68. The molecule has 1 aromatic carbocycles. The maximum absolute atomic E-state index is 11.7. The molecule has 20 heavy (non-hydrogen) atoms. The van der Waals surface area contributed by atoms with Crippen molar-refractivity contribution in [1.82, 2.24) is 10.6 Å². The summed E-state index contributed by atoms with van der Waals surface area (Å²) in [6, 6.07) is 6.71. The predicted molar refractivity (Wildman–Crippen MR) is 76.9 cm³/mol. The summed E-state index contributed by atoms with van der Waals surface area (Å²) in [6.45, 7) is 1.96. The third kappa shape index (κ3) is 5.00. The van der Waals surface area contributed by atoms with E-state index in [0.717, 1.165) is 0 Å². The Bertz CT molecular complexity index is 492. The van der Waals surface area contributed by atoms with E-state index in [0.29, 0.717) is 5.56 Å². The number of hydrogen-bond acceptors (Lipinski definition) is 3. The van der Waals surface area contributed by atoms with E-state index in [1.165, 1.54) is 0 Å². The van der Waals surface area contributed by atoms with Crippen molar-refractivity contribution < 1.29 is 18.9 Å². The Kier molecular flexibility index (Phi) is 6.17. The Morgan fingerprint density at radius 1 is 1.30 bits per heavy atom. The first kappa shape index (κ1) is 16.2. The molecule has 0 spiro atoms. The first-order chi connectivity index (χ1) is 9.41. The minimum atomic E-state index is -1.14. The fourth-order valence-electron chi connectivity index (χ4n) is 1.47. The lowest BCUT2D eigenvalue weighted by Crippen LogP contribution is -2.43. The van der Waals surface area contributed by atoms with Crippen LogP contribution in [-0.2, 0) is 15.6 Å². The van der Waals surface area contributed by atoms with Gasteiger partial charge in [0.05, 0.1) is 0 Å². The molecule has 0 saturated carbocycles. The number of aliphatic carboxylic acids is 1. The Morgan fingerprint density at radius 3 is 2.40 bits per heavy atom. The molecule has 0 bridgehead atoms. The first-order valence-electron chi connectivity index (χ1n) is 6.06. The quantitative estimate of drug-likeness (QED) is 0.726. The van der Waals surface area contributed by atoms with Gasteiger partial charge in [0, 0.05) is 28.9 Å². The second kappa shape index (κ2) is 7.64. The van der Waals surface area contributed by atoms with Crippen molar-refractivity contribution in [3.05, 3.63) is 35.9 Å². The summed E-state index contributed by atoms with van der Waals surface area (Å²) in [4.78, 5) is 22.9. The topological polar surface area (TPSA) is 95.5 Å². The zero-order valence-electron chi connectivity index (χ0n) is 11.3. The van der Waals surface area contributed by atoms with E-state index >= 15 is 0 Å². The third-order valence-corrected chi connectivity index (χ3v) is 4.07. The van der Waals surface area contributed by atoms with Gasteiger partial charge < -0.3 is 15.7 Å².